The normalized spacial score (nSPS) is 18.1. The summed E-state index contributed by atoms with van der Waals surface area (Å²) >= 11 is 0. The first-order chi connectivity index (χ1) is 9.96. The maximum Gasteiger partial charge on any atom is 0.289 e. The summed E-state index contributed by atoms with van der Waals surface area (Å²) in [4.78, 5) is 13.6. The van der Waals surface area contributed by atoms with Gasteiger partial charge in [0.25, 0.3) is 15.9 Å². The number of nitrogens with one attached hydrogen (secondary N) is 1. The van der Waals surface area contributed by atoms with E-state index in [0.29, 0.717) is 6.42 Å². The smallest absolute Gasteiger partial charge is 0.289 e. The van der Waals surface area contributed by atoms with Crippen molar-refractivity contribution in [3.05, 3.63) is 17.9 Å². The number of nitrogens with zero attached hydrogens (tertiary/aromatic N) is 1. The number of β-amino-alcohol motifs (C(OH)–C–C–N with tert-alkyl or cyclic N) is 1. The van der Waals surface area contributed by atoms with Crippen LogP contribution < -0.4 is 4.72 Å². The molecule has 1 aliphatic rings. The van der Waals surface area contributed by atoms with Gasteiger partial charge in [0.05, 0.1) is 18.7 Å². The number of carbonyl (C=O) groups excluding carboxylic acids is 1. The van der Waals surface area contributed by atoms with Crippen LogP contribution >= 0.6 is 0 Å². The molecule has 2 heterocycles. The molecule has 2 rings (SSSR count). The highest BCUT2D eigenvalue weighted by Gasteiger charge is 2.43. The van der Waals surface area contributed by atoms with Gasteiger partial charge in [-0.2, -0.15) is 0 Å². The number of sulfonamides is 1. The van der Waals surface area contributed by atoms with Crippen molar-refractivity contribution in [1.82, 2.24) is 9.62 Å². The Kier molecular flexibility index (Phi) is 4.14. The van der Waals surface area contributed by atoms with Gasteiger partial charge in [0.1, 0.15) is 0 Å². The molecule has 0 bridgehead atoms. The Morgan fingerprint density at radius 1 is 1.41 bits per heavy atom. The van der Waals surface area contributed by atoms with Crippen LogP contribution in [0.4, 0.5) is 0 Å². The van der Waals surface area contributed by atoms with Crippen LogP contribution in [0.1, 0.15) is 44.7 Å². The van der Waals surface area contributed by atoms with E-state index < -0.39 is 27.1 Å². The molecule has 1 fully saturated rings. The molecule has 22 heavy (non-hydrogen) atoms. The van der Waals surface area contributed by atoms with Gasteiger partial charge in [-0.15, -0.1) is 0 Å². The zero-order valence-corrected chi connectivity index (χ0v) is 14.0. The number of carbonyl (C=O) groups is 1. The Morgan fingerprint density at radius 3 is 2.50 bits per heavy atom. The van der Waals surface area contributed by atoms with E-state index in [-0.39, 0.29) is 23.9 Å². The van der Waals surface area contributed by atoms with Crippen LogP contribution in [-0.2, 0) is 10.0 Å². The van der Waals surface area contributed by atoms with Crippen LogP contribution in [0.2, 0.25) is 0 Å². The Hall–Kier alpha value is -1.38. The highest BCUT2D eigenvalue weighted by Crippen LogP contribution is 2.27. The Labute approximate surface area is 130 Å². The Balaban J connectivity index is 2.11. The minimum absolute atomic E-state index is 0.0487. The van der Waals surface area contributed by atoms with Gasteiger partial charge in [-0.25, -0.2) is 13.1 Å². The van der Waals surface area contributed by atoms with E-state index in [2.05, 4.69) is 4.72 Å². The standard InChI is InChI=1S/C14H22N2O5S/c1-5-14(18)8-16(9-14)12(17)10-6-7-11(21-10)22(19,20)15-13(2,3)4/h6-7,15,18H,5,8-9H2,1-4H3. The van der Waals surface area contributed by atoms with Crippen LogP contribution in [0.15, 0.2) is 21.6 Å². The average molecular weight is 330 g/mol. The summed E-state index contributed by atoms with van der Waals surface area (Å²) in [5, 5.41) is 9.62. The van der Waals surface area contributed by atoms with Gasteiger partial charge in [0.2, 0.25) is 5.09 Å². The second kappa shape index (κ2) is 5.36. The molecular formula is C14H22N2O5S. The number of hydrogen-bond acceptors (Lipinski definition) is 5. The molecule has 0 unspecified atom stereocenters. The summed E-state index contributed by atoms with van der Waals surface area (Å²) in [6.07, 6.45) is 0.560. The van der Waals surface area contributed by atoms with E-state index in [9.17, 15) is 18.3 Å². The number of furan rings is 1. The third-order valence-electron chi connectivity index (χ3n) is 3.41. The number of likely N-dealkylation sites (tertiary alicyclic amines) is 1. The number of aliphatic hydroxyl groups is 1. The SMILES string of the molecule is CCC1(O)CN(C(=O)c2ccc(S(=O)(=O)NC(C)(C)C)o2)C1. The van der Waals surface area contributed by atoms with E-state index in [1.165, 1.54) is 17.0 Å². The zero-order chi connectivity index (χ0) is 16.8. The third kappa shape index (κ3) is 3.50. The molecule has 8 heteroatoms. The summed E-state index contributed by atoms with van der Waals surface area (Å²) in [5.41, 5.74) is -1.49. The zero-order valence-electron chi connectivity index (χ0n) is 13.2. The average Bonchev–Trinajstić information content (AvgIpc) is 2.81. The number of amides is 1. The minimum atomic E-state index is -3.81. The van der Waals surface area contributed by atoms with E-state index in [0.717, 1.165) is 0 Å². The molecule has 7 nitrogen and oxygen atoms in total. The molecule has 1 saturated heterocycles. The molecule has 0 atom stereocenters. The largest absolute Gasteiger partial charge is 0.438 e. The second-order valence-electron chi connectivity index (χ2n) is 6.71. The van der Waals surface area contributed by atoms with Gasteiger partial charge in [-0.3, -0.25) is 4.79 Å². The summed E-state index contributed by atoms with van der Waals surface area (Å²) in [7, 11) is -3.81. The summed E-state index contributed by atoms with van der Waals surface area (Å²) in [6.45, 7) is 7.44. The maximum atomic E-state index is 12.2. The van der Waals surface area contributed by atoms with Crippen LogP contribution in [0.5, 0.6) is 0 Å². The molecule has 1 amide bonds. The lowest BCUT2D eigenvalue weighted by Crippen LogP contribution is -2.63. The number of rotatable bonds is 4. The molecule has 2 N–H and O–H groups in total. The van der Waals surface area contributed by atoms with E-state index in [1.807, 2.05) is 6.92 Å². The summed E-state index contributed by atoms with van der Waals surface area (Å²) in [5.74, 6) is -0.470. The van der Waals surface area contributed by atoms with Crippen LogP contribution in [0.3, 0.4) is 0 Å². The van der Waals surface area contributed by atoms with Crippen molar-refractivity contribution >= 4 is 15.9 Å². The molecule has 0 radical (unpaired) electrons. The van der Waals surface area contributed by atoms with Crippen LogP contribution in [0, 0.1) is 0 Å². The van der Waals surface area contributed by atoms with Gasteiger partial charge in [0, 0.05) is 5.54 Å². The number of hydrogen-bond donors (Lipinski definition) is 2. The Bertz CT molecular complexity index is 666. The predicted molar refractivity (Wildman–Crippen MR) is 79.9 cm³/mol. The monoisotopic (exact) mass is 330 g/mol. The van der Waals surface area contributed by atoms with Crippen LogP contribution in [0.25, 0.3) is 0 Å². The molecule has 1 aromatic rings. The fourth-order valence-electron chi connectivity index (χ4n) is 2.22. The first-order valence-electron chi connectivity index (χ1n) is 7.11. The third-order valence-corrected chi connectivity index (χ3v) is 5.04. The molecule has 1 aromatic heterocycles. The molecule has 124 valence electrons. The summed E-state index contributed by atoms with van der Waals surface area (Å²) < 4.78 is 31.9. The van der Waals surface area contributed by atoms with Crippen molar-refractivity contribution in [2.75, 3.05) is 13.1 Å². The van der Waals surface area contributed by atoms with Gasteiger partial charge >= 0.3 is 0 Å². The highest BCUT2D eigenvalue weighted by atomic mass is 32.2. The van der Waals surface area contributed by atoms with Gasteiger partial charge in [-0.05, 0) is 39.3 Å². The summed E-state index contributed by atoms with van der Waals surface area (Å²) in [6, 6.07) is 2.59. The first-order valence-corrected chi connectivity index (χ1v) is 8.60. The van der Waals surface area contributed by atoms with E-state index in [1.54, 1.807) is 20.8 Å². The lowest BCUT2D eigenvalue weighted by molar-refractivity contribution is -0.0835. The van der Waals surface area contributed by atoms with Crippen molar-refractivity contribution < 1.29 is 22.7 Å². The van der Waals surface area contributed by atoms with Crippen molar-refractivity contribution in [2.45, 2.75) is 50.3 Å². The van der Waals surface area contributed by atoms with Gasteiger partial charge < -0.3 is 14.4 Å². The maximum absolute atomic E-state index is 12.2. The topological polar surface area (TPSA) is 99.9 Å². The molecule has 0 aliphatic carbocycles. The van der Waals surface area contributed by atoms with Gasteiger partial charge in [0.15, 0.2) is 5.76 Å². The molecule has 0 saturated carbocycles. The molecule has 0 spiro atoms. The minimum Gasteiger partial charge on any atom is -0.438 e. The lowest BCUT2D eigenvalue weighted by atomic mass is 9.91. The Morgan fingerprint density at radius 2 is 2.00 bits per heavy atom. The highest BCUT2D eigenvalue weighted by molar-refractivity contribution is 7.89. The molecular weight excluding hydrogens is 308 g/mol. The van der Waals surface area contributed by atoms with Crippen molar-refractivity contribution in [1.29, 1.82) is 0 Å². The van der Waals surface area contributed by atoms with Gasteiger partial charge in [-0.1, -0.05) is 6.92 Å². The second-order valence-corrected chi connectivity index (χ2v) is 8.33. The van der Waals surface area contributed by atoms with E-state index in [4.69, 9.17) is 4.42 Å². The van der Waals surface area contributed by atoms with Crippen LogP contribution in [-0.4, -0.2) is 48.6 Å². The van der Waals surface area contributed by atoms with Crippen molar-refractivity contribution in [2.24, 2.45) is 0 Å². The predicted octanol–water partition coefficient (Wildman–Crippen LogP) is 0.953. The molecule has 1 aliphatic heterocycles. The first kappa shape index (κ1) is 17.0. The molecule has 0 aromatic carbocycles. The fourth-order valence-corrected chi connectivity index (χ4v) is 3.57. The quantitative estimate of drug-likeness (QED) is 0.856. The lowest BCUT2D eigenvalue weighted by Gasteiger charge is -2.45. The van der Waals surface area contributed by atoms with Crippen molar-refractivity contribution in [3.8, 4) is 0 Å². The fraction of sp³-hybridized carbons (Fsp3) is 0.643. The van der Waals surface area contributed by atoms with Crippen molar-refractivity contribution in [3.63, 3.8) is 0 Å². The van der Waals surface area contributed by atoms with E-state index >= 15 is 0 Å².